The zero-order chi connectivity index (χ0) is 9.60. The quantitative estimate of drug-likeness (QED) is 0.639. The molecule has 0 aliphatic carbocycles. The summed E-state index contributed by atoms with van der Waals surface area (Å²) in [6.45, 7) is 0.955. The molecule has 1 saturated heterocycles. The molecule has 2 heterocycles. The van der Waals surface area contributed by atoms with E-state index in [0.717, 1.165) is 30.8 Å². The van der Waals surface area contributed by atoms with Crippen molar-refractivity contribution >= 4 is 0 Å². The highest BCUT2D eigenvalue weighted by atomic mass is 19.2. The molecule has 3 rings (SSSR count). The van der Waals surface area contributed by atoms with Gasteiger partial charge in [-0.3, -0.25) is 0 Å². The highest BCUT2D eigenvalue weighted by molar-refractivity contribution is 5.40. The lowest BCUT2D eigenvalue weighted by Gasteiger charge is -2.18. The van der Waals surface area contributed by atoms with E-state index in [0.29, 0.717) is 5.56 Å². The van der Waals surface area contributed by atoms with Gasteiger partial charge in [-0.2, -0.15) is 0 Å². The Hall–Kier alpha value is -1.09. The van der Waals surface area contributed by atoms with Gasteiger partial charge in [-0.25, -0.2) is 4.39 Å². The predicted molar refractivity (Wildman–Crippen MR) is 49.0 cm³/mol. The Morgan fingerprint density at radius 2 is 2.21 bits per heavy atom. The summed E-state index contributed by atoms with van der Waals surface area (Å²) in [4.78, 5) is 0. The van der Waals surface area contributed by atoms with Crippen LogP contribution in [0.2, 0.25) is 0 Å². The molecular formula is C11H11FO2. The van der Waals surface area contributed by atoms with E-state index in [-0.39, 0.29) is 6.61 Å². The van der Waals surface area contributed by atoms with Gasteiger partial charge in [0.05, 0.1) is 6.61 Å². The maximum absolute atomic E-state index is 13.5. The highest BCUT2D eigenvalue weighted by Gasteiger charge is 2.47. The summed E-state index contributed by atoms with van der Waals surface area (Å²) in [5, 5.41) is 0. The molecule has 1 aromatic rings. The first-order valence-corrected chi connectivity index (χ1v) is 4.87. The van der Waals surface area contributed by atoms with Crippen molar-refractivity contribution in [1.82, 2.24) is 0 Å². The Morgan fingerprint density at radius 1 is 1.36 bits per heavy atom. The van der Waals surface area contributed by atoms with Gasteiger partial charge < -0.3 is 9.47 Å². The van der Waals surface area contributed by atoms with E-state index in [1.807, 2.05) is 12.1 Å². The fourth-order valence-electron chi connectivity index (χ4n) is 1.82. The standard InChI is InChI=1S/C11H11FO2/c12-11(7-14-11)9-3-4-10-8(6-9)2-1-5-13-10/h3-4,6H,1-2,5,7H2. The largest absolute Gasteiger partial charge is 0.493 e. The first-order chi connectivity index (χ1) is 6.78. The number of hydrogen-bond donors (Lipinski definition) is 0. The normalized spacial score (nSPS) is 29.2. The van der Waals surface area contributed by atoms with Crippen LogP contribution in [0.1, 0.15) is 17.5 Å². The van der Waals surface area contributed by atoms with E-state index in [2.05, 4.69) is 0 Å². The minimum absolute atomic E-state index is 0.187. The van der Waals surface area contributed by atoms with Gasteiger partial charge in [-0.1, -0.05) is 0 Å². The Bertz CT molecular complexity index is 372. The van der Waals surface area contributed by atoms with Crippen LogP contribution in [0.5, 0.6) is 5.75 Å². The topological polar surface area (TPSA) is 21.8 Å². The van der Waals surface area contributed by atoms with Gasteiger partial charge in [-0.05, 0) is 36.6 Å². The lowest BCUT2D eigenvalue weighted by Crippen LogP contribution is -2.10. The van der Waals surface area contributed by atoms with Crippen LogP contribution in [0.3, 0.4) is 0 Å². The predicted octanol–water partition coefficient (Wildman–Crippen LogP) is 2.16. The van der Waals surface area contributed by atoms with E-state index in [9.17, 15) is 4.39 Å². The monoisotopic (exact) mass is 194 g/mol. The summed E-state index contributed by atoms with van der Waals surface area (Å²) in [6, 6.07) is 5.45. The molecule has 2 aliphatic heterocycles. The molecule has 74 valence electrons. The molecule has 0 aromatic heterocycles. The fraction of sp³-hybridized carbons (Fsp3) is 0.455. The van der Waals surface area contributed by atoms with Crippen LogP contribution in [-0.2, 0) is 17.0 Å². The zero-order valence-electron chi connectivity index (χ0n) is 7.75. The van der Waals surface area contributed by atoms with Gasteiger partial charge in [-0.15, -0.1) is 0 Å². The fourth-order valence-corrected chi connectivity index (χ4v) is 1.82. The minimum Gasteiger partial charge on any atom is -0.493 e. The van der Waals surface area contributed by atoms with E-state index in [1.54, 1.807) is 6.07 Å². The number of alkyl halides is 1. The summed E-state index contributed by atoms with van der Waals surface area (Å²) in [7, 11) is 0. The Morgan fingerprint density at radius 3 is 3.00 bits per heavy atom. The maximum Gasteiger partial charge on any atom is 0.259 e. The lowest BCUT2D eigenvalue weighted by molar-refractivity contribution is 0.141. The third-order valence-electron chi connectivity index (χ3n) is 2.74. The molecule has 3 heteroatoms. The van der Waals surface area contributed by atoms with Crippen molar-refractivity contribution in [2.24, 2.45) is 0 Å². The number of benzene rings is 1. The SMILES string of the molecule is FC1(c2ccc3c(c2)CCCO3)CO1. The van der Waals surface area contributed by atoms with Crippen molar-refractivity contribution in [1.29, 1.82) is 0 Å². The molecule has 1 atom stereocenters. The molecule has 2 nitrogen and oxygen atoms in total. The molecular weight excluding hydrogens is 183 g/mol. The van der Waals surface area contributed by atoms with Crippen molar-refractivity contribution in [3.8, 4) is 5.75 Å². The van der Waals surface area contributed by atoms with Gasteiger partial charge in [0.25, 0.3) is 5.85 Å². The van der Waals surface area contributed by atoms with Gasteiger partial charge in [0.1, 0.15) is 12.4 Å². The molecule has 0 amide bonds. The molecule has 0 bridgehead atoms. The van der Waals surface area contributed by atoms with E-state index >= 15 is 0 Å². The molecule has 1 fully saturated rings. The van der Waals surface area contributed by atoms with Crippen molar-refractivity contribution in [2.45, 2.75) is 18.7 Å². The number of epoxide rings is 1. The Labute approximate surface area is 81.6 Å². The third-order valence-corrected chi connectivity index (χ3v) is 2.74. The Kier molecular flexibility index (Phi) is 1.59. The summed E-state index contributed by atoms with van der Waals surface area (Å²) in [6.07, 6.45) is 1.98. The van der Waals surface area contributed by atoms with E-state index in [1.165, 1.54) is 0 Å². The van der Waals surface area contributed by atoms with Crippen molar-refractivity contribution in [3.05, 3.63) is 29.3 Å². The number of rotatable bonds is 1. The van der Waals surface area contributed by atoms with Crippen molar-refractivity contribution in [2.75, 3.05) is 13.2 Å². The summed E-state index contributed by atoms with van der Waals surface area (Å²) >= 11 is 0. The molecule has 14 heavy (non-hydrogen) atoms. The molecule has 1 aromatic carbocycles. The summed E-state index contributed by atoms with van der Waals surface area (Å²) < 4.78 is 23.8. The molecule has 0 spiro atoms. The van der Waals surface area contributed by atoms with Gasteiger partial charge >= 0.3 is 0 Å². The van der Waals surface area contributed by atoms with Crippen molar-refractivity contribution in [3.63, 3.8) is 0 Å². The average Bonchev–Trinajstić information content (AvgIpc) is 2.97. The van der Waals surface area contributed by atoms with E-state index in [4.69, 9.17) is 9.47 Å². The van der Waals surface area contributed by atoms with Crippen LogP contribution in [0.15, 0.2) is 18.2 Å². The van der Waals surface area contributed by atoms with Crippen LogP contribution in [0, 0.1) is 0 Å². The number of hydrogen-bond acceptors (Lipinski definition) is 2. The molecule has 2 aliphatic rings. The van der Waals surface area contributed by atoms with Gasteiger partial charge in [0.2, 0.25) is 0 Å². The molecule has 0 saturated carbocycles. The summed E-state index contributed by atoms with van der Waals surface area (Å²) in [5.41, 5.74) is 1.73. The first kappa shape index (κ1) is 8.24. The number of halogens is 1. The van der Waals surface area contributed by atoms with Crippen LogP contribution in [-0.4, -0.2) is 13.2 Å². The highest BCUT2D eigenvalue weighted by Crippen LogP contribution is 2.41. The van der Waals surface area contributed by atoms with Crippen LogP contribution in [0.4, 0.5) is 4.39 Å². The molecule has 0 radical (unpaired) electrons. The third kappa shape index (κ3) is 1.20. The zero-order valence-corrected chi connectivity index (χ0v) is 7.75. The van der Waals surface area contributed by atoms with Crippen LogP contribution >= 0.6 is 0 Å². The van der Waals surface area contributed by atoms with Crippen molar-refractivity contribution < 1.29 is 13.9 Å². The lowest BCUT2D eigenvalue weighted by atomic mass is 10.0. The van der Waals surface area contributed by atoms with Gasteiger partial charge in [0, 0.05) is 5.56 Å². The number of fused-ring (bicyclic) bond motifs is 1. The number of aryl methyl sites for hydroxylation is 1. The average molecular weight is 194 g/mol. The van der Waals surface area contributed by atoms with Crippen LogP contribution < -0.4 is 4.74 Å². The maximum atomic E-state index is 13.5. The first-order valence-electron chi connectivity index (χ1n) is 4.87. The number of ether oxygens (including phenoxy) is 2. The minimum atomic E-state index is -1.51. The summed E-state index contributed by atoms with van der Waals surface area (Å²) in [5.74, 6) is -0.615. The second-order valence-corrected chi connectivity index (χ2v) is 3.79. The van der Waals surface area contributed by atoms with Gasteiger partial charge in [0.15, 0.2) is 0 Å². The van der Waals surface area contributed by atoms with E-state index < -0.39 is 5.85 Å². The second-order valence-electron chi connectivity index (χ2n) is 3.79. The smallest absolute Gasteiger partial charge is 0.259 e. The molecule has 0 N–H and O–H groups in total. The second kappa shape index (κ2) is 2.70. The molecule has 1 unspecified atom stereocenters. The Balaban J connectivity index is 2.01. The van der Waals surface area contributed by atoms with Crippen LogP contribution in [0.25, 0.3) is 0 Å².